The fraction of sp³-hybridized carbons (Fsp3) is 0.0769. The summed E-state index contributed by atoms with van der Waals surface area (Å²) in [5.41, 5.74) is 1.17. The molecular weight excluding hydrogens is 332 g/mol. The minimum Gasteiger partial charge on any atom is -0.455 e. The standard InChI is InChI=1S/C13H10Br2O/c1-9-6-7-11(15)13(8-9)16-12-5-3-2-4-10(12)14/h2-8H,1H3. The summed E-state index contributed by atoms with van der Waals surface area (Å²) in [7, 11) is 0. The molecule has 16 heavy (non-hydrogen) atoms. The van der Waals surface area contributed by atoms with Crippen LogP contribution < -0.4 is 4.74 Å². The lowest BCUT2D eigenvalue weighted by atomic mass is 10.2. The summed E-state index contributed by atoms with van der Waals surface area (Å²) in [6.45, 7) is 2.04. The van der Waals surface area contributed by atoms with E-state index in [1.165, 1.54) is 5.56 Å². The molecule has 0 saturated carbocycles. The average Bonchev–Trinajstić information content (AvgIpc) is 2.27. The highest BCUT2D eigenvalue weighted by Crippen LogP contribution is 2.34. The van der Waals surface area contributed by atoms with Gasteiger partial charge in [-0.05, 0) is 68.6 Å². The summed E-state index contributed by atoms with van der Waals surface area (Å²) in [4.78, 5) is 0. The van der Waals surface area contributed by atoms with Crippen LogP contribution in [-0.4, -0.2) is 0 Å². The number of hydrogen-bond donors (Lipinski definition) is 0. The van der Waals surface area contributed by atoms with E-state index in [0.29, 0.717) is 0 Å². The molecular formula is C13H10Br2O. The Morgan fingerprint density at radius 3 is 2.31 bits per heavy atom. The van der Waals surface area contributed by atoms with E-state index in [4.69, 9.17) is 4.74 Å². The molecule has 2 rings (SSSR count). The molecule has 0 aliphatic rings. The van der Waals surface area contributed by atoms with Gasteiger partial charge < -0.3 is 4.74 Å². The van der Waals surface area contributed by atoms with Crippen LogP contribution in [0.15, 0.2) is 51.4 Å². The Morgan fingerprint density at radius 1 is 0.875 bits per heavy atom. The molecule has 0 N–H and O–H groups in total. The Bertz CT molecular complexity index is 509. The quantitative estimate of drug-likeness (QED) is 0.719. The molecule has 0 saturated heterocycles. The summed E-state index contributed by atoms with van der Waals surface area (Å²) in [6, 6.07) is 13.8. The van der Waals surface area contributed by atoms with Crippen LogP contribution in [0.4, 0.5) is 0 Å². The number of ether oxygens (including phenoxy) is 1. The monoisotopic (exact) mass is 340 g/mol. The molecule has 0 aromatic heterocycles. The lowest BCUT2D eigenvalue weighted by Gasteiger charge is -2.09. The van der Waals surface area contributed by atoms with Crippen LogP contribution in [0, 0.1) is 6.92 Å². The van der Waals surface area contributed by atoms with Crippen LogP contribution in [-0.2, 0) is 0 Å². The summed E-state index contributed by atoms with van der Waals surface area (Å²) in [6.07, 6.45) is 0. The fourth-order valence-corrected chi connectivity index (χ4v) is 2.03. The van der Waals surface area contributed by atoms with Crippen molar-refractivity contribution in [3.63, 3.8) is 0 Å². The van der Waals surface area contributed by atoms with Crippen molar-refractivity contribution in [2.45, 2.75) is 6.92 Å². The first kappa shape index (κ1) is 11.7. The molecule has 0 fully saturated rings. The third-order valence-corrected chi connectivity index (χ3v) is 3.45. The molecule has 1 nitrogen and oxygen atoms in total. The van der Waals surface area contributed by atoms with Gasteiger partial charge in [-0.25, -0.2) is 0 Å². The molecule has 0 aliphatic heterocycles. The Kier molecular flexibility index (Phi) is 3.66. The maximum Gasteiger partial charge on any atom is 0.141 e. The van der Waals surface area contributed by atoms with Crippen molar-refractivity contribution in [2.24, 2.45) is 0 Å². The van der Waals surface area contributed by atoms with Crippen molar-refractivity contribution in [3.05, 3.63) is 57.0 Å². The fourth-order valence-electron chi connectivity index (χ4n) is 1.33. The predicted molar refractivity (Wildman–Crippen MR) is 73.1 cm³/mol. The Balaban J connectivity index is 2.34. The van der Waals surface area contributed by atoms with Crippen molar-refractivity contribution >= 4 is 31.9 Å². The van der Waals surface area contributed by atoms with Crippen LogP contribution in [0.25, 0.3) is 0 Å². The predicted octanol–water partition coefficient (Wildman–Crippen LogP) is 5.31. The first-order chi connectivity index (χ1) is 7.66. The first-order valence-electron chi connectivity index (χ1n) is 4.85. The number of rotatable bonds is 2. The average molecular weight is 342 g/mol. The number of benzene rings is 2. The molecule has 0 aliphatic carbocycles. The van der Waals surface area contributed by atoms with Gasteiger partial charge in [-0.15, -0.1) is 0 Å². The molecule has 2 aromatic rings. The van der Waals surface area contributed by atoms with Crippen LogP contribution >= 0.6 is 31.9 Å². The summed E-state index contributed by atoms with van der Waals surface area (Å²) in [5, 5.41) is 0. The second-order valence-electron chi connectivity index (χ2n) is 3.47. The van der Waals surface area contributed by atoms with Crippen molar-refractivity contribution in [1.82, 2.24) is 0 Å². The van der Waals surface area contributed by atoms with Crippen LogP contribution in [0.3, 0.4) is 0 Å². The molecule has 0 atom stereocenters. The highest BCUT2D eigenvalue weighted by Gasteiger charge is 2.05. The molecule has 0 amide bonds. The minimum atomic E-state index is 0.814. The van der Waals surface area contributed by atoms with Gasteiger partial charge in [0.15, 0.2) is 0 Å². The smallest absolute Gasteiger partial charge is 0.141 e. The zero-order valence-electron chi connectivity index (χ0n) is 8.71. The van der Waals surface area contributed by atoms with E-state index in [0.717, 1.165) is 20.4 Å². The van der Waals surface area contributed by atoms with Crippen LogP contribution in [0.2, 0.25) is 0 Å². The SMILES string of the molecule is Cc1ccc(Br)c(Oc2ccccc2Br)c1. The summed E-state index contributed by atoms with van der Waals surface area (Å²) in [5.74, 6) is 1.64. The first-order valence-corrected chi connectivity index (χ1v) is 6.44. The van der Waals surface area contributed by atoms with Gasteiger partial charge in [-0.2, -0.15) is 0 Å². The van der Waals surface area contributed by atoms with E-state index < -0.39 is 0 Å². The maximum absolute atomic E-state index is 5.83. The zero-order chi connectivity index (χ0) is 11.5. The minimum absolute atomic E-state index is 0.814. The van der Waals surface area contributed by atoms with Gasteiger partial charge in [0, 0.05) is 0 Å². The van der Waals surface area contributed by atoms with E-state index >= 15 is 0 Å². The van der Waals surface area contributed by atoms with Gasteiger partial charge in [0.2, 0.25) is 0 Å². The van der Waals surface area contributed by atoms with E-state index in [2.05, 4.69) is 31.9 Å². The second kappa shape index (κ2) is 5.02. The topological polar surface area (TPSA) is 9.23 Å². The summed E-state index contributed by atoms with van der Waals surface area (Å²) >= 11 is 6.93. The largest absolute Gasteiger partial charge is 0.455 e. The highest BCUT2D eigenvalue weighted by atomic mass is 79.9. The number of para-hydroxylation sites is 1. The van der Waals surface area contributed by atoms with Crippen molar-refractivity contribution < 1.29 is 4.74 Å². The lowest BCUT2D eigenvalue weighted by molar-refractivity contribution is 0.476. The van der Waals surface area contributed by atoms with Gasteiger partial charge in [0.05, 0.1) is 8.95 Å². The molecule has 0 bridgehead atoms. The number of aryl methyl sites for hydroxylation is 1. The molecule has 3 heteroatoms. The van der Waals surface area contributed by atoms with Crippen LogP contribution in [0.5, 0.6) is 11.5 Å². The van der Waals surface area contributed by atoms with Crippen LogP contribution in [0.1, 0.15) is 5.56 Å². The highest BCUT2D eigenvalue weighted by molar-refractivity contribution is 9.11. The van der Waals surface area contributed by atoms with Gasteiger partial charge in [0.1, 0.15) is 11.5 Å². The van der Waals surface area contributed by atoms with Crippen molar-refractivity contribution in [2.75, 3.05) is 0 Å². The summed E-state index contributed by atoms with van der Waals surface area (Å²) < 4.78 is 7.73. The van der Waals surface area contributed by atoms with E-state index in [9.17, 15) is 0 Å². The normalized spacial score (nSPS) is 10.2. The molecule has 0 unspecified atom stereocenters. The second-order valence-corrected chi connectivity index (χ2v) is 5.18. The zero-order valence-corrected chi connectivity index (χ0v) is 11.9. The number of halogens is 2. The van der Waals surface area contributed by atoms with Gasteiger partial charge in [-0.3, -0.25) is 0 Å². The van der Waals surface area contributed by atoms with E-state index in [1.54, 1.807) is 0 Å². The molecule has 0 radical (unpaired) electrons. The number of hydrogen-bond acceptors (Lipinski definition) is 1. The maximum atomic E-state index is 5.83. The third kappa shape index (κ3) is 2.66. The van der Waals surface area contributed by atoms with Crippen molar-refractivity contribution in [1.29, 1.82) is 0 Å². The van der Waals surface area contributed by atoms with Gasteiger partial charge in [-0.1, -0.05) is 18.2 Å². The Labute approximate surface area is 112 Å². The van der Waals surface area contributed by atoms with Gasteiger partial charge in [0.25, 0.3) is 0 Å². The van der Waals surface area contributed by atoms with Crippen molar-refractivity contribution in [3.8, 4) is 11.5 Å². The third-order valence-electron chi connectivity index (χ3n) is 2.14. The van der Waals surface area contributed by atoms with E-state index in [-0.39, 0.29) is 0 Å². The lowest BCUT2D eigenvalue weighted by Crippen LogP contribution is -1.87. The van der Waals surface area contributed by atoms with Gasteiger partial charge >= 0.3 is 0 Å². The molecule has 2 aromatic carbocycles. The Hall–Kier alpha value is -0.800. The molecule has 82 valence electrons. The molecule has 0 spiro atoms. The molecule has 0 heterocycles. The Morgan fingerprint density at radius 2 is 1.56 bits per heavy atom. The van der Waals surface area contributed by atoms with E-state index in [1.807, 2.05) is 49.4 Å².